The number of rotatable bonds is 6. The second kappa shape index (κ2) is 8.78. The van der Waals surface area contributed by atoms with Gasteiger partial charge in [-0.15, -0.1) is 0 Å². The van der Waals surface area contributed by atoms with Crippen molar-refractivity contribution in [3.05, 3.63) is 76.2 Å². The average molecular weight is 392 g/mol. The van der Waals surface area contributed by atoms with Gasteiger partial charge in [0.2, 0.25) is 5.91 Å². The number of hydrogen-bond donors (Lipinski definition) is 1. The molecule has 29 heavy (non-hydrogen) atoms. The quantitative estimate of drug-likeness (QED) is 0.770. The fourth-order valence-electron chi connectivity index (χ4n) is 4.90. The summed E-state index contributed by atoms with van der Waals surface area (Å²) in [5.41, 5.74) is 2.15. The van der Waals surface area contributed by atoms with Crippen molar-refractivity contribution < 1.29 is 4.79 Å². The number of benzene rings is 1. The van der Waals surface area contributed by atoms with Crippen LogP contribution in [0.5, 0.6) is 0 Å². The first-order valence-corrected chi connectivity index (χ1v) is 10.6. The number of hydrogen-bond acceptors (Lipinski definition) is 3. The van der Waals surface area contributed by atoms with Gasteiger partial charge in [0.1, 0.15) is 0 Å². The van der Waals surface area contributed by atoms with Gasteiger partial charge in [-0.05, 0) is 43.0 Å². The van der Waals surface area contributed by atoms with Crippen LogP contribution in [0.25, 0.3) is 6.08 Å². The van der Waals surface area contributed by atoms with Gasteiger partial charge in [0.15, 0.2) is 0 Å². The molecule has 2 aromatic rings. The molecule has 2 aliphatic heterocycles. The zero-order valence-electron chi connectivity index (χ0n) is 17.0. The highest BCUT2D eigenvalue weighted by atomic mass is 16.1. The predicted molar refractivity (Wildman–Crippen MR) is 116 cm³/mol. The van der Waals surface area contributed by atoms with E-state index >= 15 is 0 Å². The number of amides is 1. The number of likely N-dealkylation sites (tertiary alicyclic amines) is 1. The van der Waals surface area contributed by atoms with Crippen LogP contribution in [0.4, 0.5) is 0 Å². The zero-order valence-corrected chi connectivity index (χ0v) is 17.0. The summed E-state index contributed by atoms with van der Waals surface area (Å²) >= 11 is 0. The number of piperidine rings is 1. The fraction of sp³-hybridized carbons (Fsp3) is 0.417. The molecule has 4 rings (SSSR count). The van der Waals surface area contributed by atoms with E-state index in [-0.39, 0.29) is 17.5 Å². The molecule has 0 spiro atoms. The summed E-state index contributed by atoms with van der Waals surface area (Å²) in [5, 5.41) is 3.04. The van der Waals surface area contributed by atoms with Gasteiger partial charge >= 0.3 is 0 Å². The van der Waals surface area contributed by atoms with Gasteiger partial charge in [-0.3, -0.25) is 9.59 Å². The van der Waals surface area contributed by atoms with Crippen LogP contribution in [0.2, 0.25) is 0 Å². The number of nitrogens with zero attached hydrogens (tertiary/aromatic N) is 2. The lowest BCUT2D eigenvalue weighted by Crippen LogP contribution is -2.52. The van der Waals surface area contributed by atoms with E-state index < -0.39 is 0 Å². The van der Waals surface area contributed by atoms with Crippen LogP contribution in [0.15, 0.2) is 59.4 Å². The minimum Gasteiger partial charge on any atom is -0.350 e. The molecular formula is C24H29N3O2. The van der Waals surface area contributed by atoms with E-state index in [2.05, 4.69) is 23.2 Å². The van der Waals surface area contributed by atoms with Crippen molar-refractivity contribution in [2.75, 3.05) is 26.2 Å². The number of fused-ring (bicyclic) bond motifs is 4. The summed E-state index contributed by atoms with van der Waals surface area (Å²) in [5.74, 6) is 0.660. The Balaban J connectivity index is 1.51. The van der Waals surface area contributed by atoms with Crippen LogP contribution >= 0.6 is 0 Å². The maximum absolute atomic E-state index is 12.7. The van der Waals surface area contributed by atoms with Crippen LogP contribution < -0.4 is 10.9 Å². The summed E-state index contributed by atoms with van der Waals surface area (Å²) in [7, 11) is 0. The molecule has 152 valence electrons. The van der Waals surface area contributed by atoms with Crippen molar-refractivity contribution >= 4 is 12.0 Å². The fourth-order valence-corrected chi connectivity index (χ4v) is 4.90. The van der Waals surface area contributed by atoms with E-state index in [0.29, 0.717) is 18.4 Å². The largest absolute Gasteiger partial charge is 0.350 e. The monoisotopic (exact) mass is 391 g/mol. The average Bonchev–Trinajstić information content (AvgIpc) is 2.73. The normalized spacial score (nSPS) is 23.7. The predicted octanol–water partition coefficient (Wildman–Crippen LogP) is 3.05. The molecule has 1 aromatic carbocycles. The molecule has 0 aliphatic carbocycles. The summed E-state index contributed by atoms with van der Waals surface area (Å²) in [4.78, 5) is 27.6. The van der Waals surface area contributed by atoms with Crippen molar-refractivity contribution in [2.24, 2.45) is 5.92 Å². The Bertz CT molecular complexity index is 935. The van der Waals surface area contributed by atoms with Gasteiger partial charge in [-0.1, -0.05) is 43.3 Å². The molecule has 1 aromatic heterocycles. The van der Waals surface area contributed by atoms with E-state index in [1.165, 1.54) is 0 Å². The molecule has 5 heteroatoms. The molecule has 3 heterocycles. The SMILES string of the molecule is CCCN1C[C@H]2C[C@@H](C1)[C@H](CNC(=O)C=Cc1ccccc1)n1c2cccc1=O. The molecule has 2 bridgehead atoms. The van der Waals surface area contributed by atoms with E-state index in [4.69, 9.17) is 0 Å². The maximum Gasteiger partial charge on any atom is 0.251 e. The summed E-state index contributed by atoms with van der Waals surface area (Å²) in [6.07, 6.45) is 5.60. The number of pyridine rings is 1. The Labute approximate surface area is 172 Å². The van der Waals surface area contributed by atoms with Crippen LogP contribution in [0.1, 0.15) is 43.0 Å². The van der Waals surface area contributed by atoms with Crippen LogP contribution in [-0.4, -0.2) is 41.6 Å². The molecule has 0 saturated carbocycles. The smallest absolute Gasteiger partial charge is 0.251 e. The van der Waals surface area contributed by atoms with Crippen LogP contribution in [0, 0.1) is 5.92 Å². The lowest BCUT2D eigenvalue weighted by atomic mass is 9.78. The van der Waals surface area contributed by atoms with Gasteiger partial charge in [-0.25, -0.2) is 0 Å². The van der Waals surface area contributed by atoms with E-state index in [9.17, 15) is 9.59 Å². The Morgan fingerprint density at radius 3 is 2.76 bits per heavy atom. The topological polar surface area (TPSA) is 54.3 Å². The van der Waals surface area contributed by atoms with Crippen molar-refractivity contribution in [2.45, 2.75) is 31.7 Å². The molecule has 1 N–H and O–H groups in total. The number of carbonyl (C=O) groups is 1. The summed E-state index contributed by atoms with van der Waals surface area (Å²) < 4.78 is 1.95. The molecule has 0 radical (unpaired) electrons. The number of carbonyl (C=O) groups excluding carboxylic acids is 1. The van der Waals surface area contributed by atoms with Crippen molar-refractivity contribution in [1.29, 1.82) is 0 Å². The second-order valence-corrected chi connectivity index (χ2v) is 8.17. The molecule has 0 unspecified atom stereocenters. The molecule has 1 amide bonds. The zero-order chi connectivity index (χ0) is 20.2. The molecule has 5 nitrogen and oxygen atoms in total. The minimum absolute atomic E-state index is 0.00341. The second-order valence-electron chi connectivity index (χ2n) is 8.17. The van der Waals surface area contributed by atoms with Crippen molar-refractivity contribution in [3.8, 4) is 0 Å². The standard InChI is InChI=1S/C24H29N3O2/c1-2-13-26-16-19-14-20(17-26)22(27-21(19)9-6-10-24(27)29)15-25-23(28)12-11-18-7-4-3-5-8-18/h3-12,19-20,22H,2,13-17H2,1H3,(H,25,28)/t19-,20+,22+/m1/s1. The highest BCUT2D eigenvalue weighted by Crippen LogP contribution is 2.40. The lowest BCUT2D eigenvalue weighted by molar-refractivity contribution is -0.116. The molecular weight excluding hydrogens is 362 g/mol. The number of aromatic nitrogens is 1. The Morgan fingerprint density at radius 2 is 1.97 bits per heavy atom. The Hall–Kier alpha value is -2.66. The first kappa shape index (κ1) is 19.6. The van der Waals surface area contributed by atoms with E-state index in [0.717, 1.165) is 43.7 Å². The highest BCUT2D eigenvalue weighted by Gasteiger charge is 2.40. The molecule has 3 atom stereocenters. The first-order valence-electron chi connectivity index (χ1n) is 10.6. The third-order valence-electron chi connectivity index (χ3n) is 6.13. The van der Waals surface area contributed by atoms with Gasteiger partial charge in [0.05, 0.1) is 6.04 Å². The lowest BCUT2D eigenvalue weighted by Gasteiger charge is -2.47. The van der Waals surface area contributed by atoms with Gasteiger partial charge in [0.25, 0.3) is 5.56 Å². The van der Waals surface area contributed by atoms with Gasteiger partial charge < -0.3 is 14.8 Å². The van der Waals surface area contributed by atoms with E-state index in [1.807, 2.05) is 47.0 Å². The Kier molecular flexibility index (Phi) is 5.95. The third kappa shape index (κ3) is 4.35. The summed E-state index contributed by atoms with van der Waals surface area (Å²) in [6, 6.07) is 15.4. The Morgan fingerprint density at radius 1 is 1.14 bits per heavy atom. The number of nitrogens with one attached hydrogen (secondary N) is 1. The van der Waals surface area contributed by atoms with Gasteiger partial charge in [0, 0.05) is 43.4 Å². The molecule has 2 aliphatic rings. The van der Waals surface area contributed by atoms with Gasteiger partial charge in [-0.2, -0.15) is 0 Å². The van der Waals surface area contributed by atoms with Crippen LogP contribution in [0.3, 0.4) is 0 Å². The van der Waals surface area contributed by atoms with Crippen LogP contribution in [-0.2, 0) is 4.79 Å². The van der Waals surface area contributed by atoms with Crippen molar-refractivity contribution in [3.63, 3.8) is 0 Å². The molecule has 1 saturated heterocycles. The third-order valence-corrected chi connectivity index (χ3v) is 6.13. The van der Waals surface area contributed by atoms with Crippen molar-refractivity contribution in [1.82, 2.24) is 14.8 Å². The maximum atomic E-state index is 12.7. The molecule has 1 fully saturated rings. The summed E-state index contributed by atoms with van der Waals surface area (Å²) in [6.45, 7) is 5.78. The first-order chi connectivity index (χ1) is 14.2. The minimum atomic E-state index is -0.122. The highest BCUT2D eigenvalue weighted by molar-refractivity contribution is 5.91. The van der Waals surface area contributed by atoms with E-state index in [1.54, 1.807) is 12.1 Å².